The molecule has 5 heteroatoms. The van der Waals surface area contributed by atoms with Crippen LogP contribution < -0.4 is 4.90 Å². The second-order valence-corrected chi connectivity index (χ2v) is 4.89. The zero-order chi connectivity index (χ0) is 13.1. The van der Waals surface area contributed by atoms with E-state index in [-0.39, 0.29) is 12.5 Å². The van der Waals surface area contributed by atoms with Crippen LogP contribution >= 0.6 is 11.6 Å². The molecule has 0 saturated carbocycles. The van der Waals surface area contributed by atoms with E-state index in [1.165, 1.54) is 0 Å². The number of anilines is 1. The summed E-state index contributed by atoms with van der Waals surface area (Å²) in [5.41, 5.74) is 2.09. The lowest BCUT2D eigenvalue weighted by Gasteiger charge is -2.37. The maximum Gasteiger partial charge on any atom is 0.305 e. The first-order chi connectivity index (χ1) is 8.58. The molecule has 1 aliphatic rings. The maximum absolute atomic E-state index is 10.9. The molecule has 0 amide bonds. The van der Waals surface area contributed by atoms with Gasteiger partial charge in [-0.2, -0.15) is 0 Å². The van der Waals surface area contributed by atoms with E-state index < -0.39 is 5.97 Å². The molecule has 2 rings (SSSR count). The van der Waals surface area contributed by atoms with Crippen LogP contribution in [0.4, 0.5) is 5.69 Å². The number of hydrogen-bond acceptors (Lipinski definition) is 3. The molecule has 0 spiro atoms. The first kappa shape index (κ1) is 13.2. The number of rotatable bonds is 3. The molecule has 98 valence electrons. The fourth-order valence-electron chi connectivity index (χ4n) is 2.23. The van der Waals surface area contributed by atoms with Crippen LogP contribution in [0.25, 0.3) is 0 Å². The van der Waals surface area contributed by atoms with Gasteiger partial charge in [0.2, 0.25) is 0 Å². The number of morpholine rings is 1. The lowest BCUT2D eigenvalue weighted by molar-refractivity contribution is -0.138. The number of ether oxygens (including phenoxy) is 1. The first-order valence-electron chi connectivity index (χ1n) is 5.90. The van der Waals surface area contributed by atoms with E-state index >= 15 is 0 Å². The molecular weight excluding hydrogens is 254 g/mol. The summed E-state index contributed by atoms with van der Waals surface area (Å²) in [6.45, 7) is 3.75. The summed E-state index contributed by atoms with van der Waals surface area (Å²) in [5.74, 6) is -0.810. The number of halogens is 1. The van der Waals surface area contributed by atoms with E-state index in [4.69, 9.17) is 21.4 Å². The molecule has 1 fully saturated rings. The summed E-state index contributed by atoms with van der Waals surface area (Å²) >= 11 is 6.02. The molecule has 0 radical (unpaired) electrons. The number of carboxylic acid groups (broad SMARTS) is 1. The smallest absolute Gasteiger partial charge is 0.305 e. The molecule has 0 aromatic heterocycles. The SMILES string of the molecule is Cc1ccc(Cl)cc1N1CCOCC1CC(=O)O. The second kappa shape index (κ2) is 5.59. The molecule has 1 N–H and O–H groups in total. The van der Waals surface area contributed by atoms with Crippen LogP contribution in [-0.4, -0.2) is 36.9 Å². The van der Waals surface area contributed by atoms with Crippen molar-refractivity contribution in [1.82, 2.24) is 0 Å². The van der Waals surface area contributed by atoms with Gasteiger partial charge in [0.1, 0.15) is 0 Å². The summed E-state index contributed by atoms with van der Waals surface area (Å²) in [5, 5.41) is 9.61. The Hall–Kier alpha value is -1.26. The van der Waals surface area contributed by atoms with Crippen molar-refractivity contribution in [2.45, 2.75) is 19.4 Å². The van der Waals surface area contributed by atoms with Crippen molar-refractivity contribution in [2.75, 3.05) is 24.7 Å². The van der Waals surface area contributed by atoms with Crippen molar-refractivity contribution in [3.05, 3.63) is 28.8 Å². The van der Waals surface area contributed by atoms with Gasteiger partial charge in [0, 0.05) is 17.3 Å². The van der Waals surface area contributed by atoms with E-state index in [2.05, 4.69) is 4.90 Å². The van der Waals surface area contributed by atoms with Crippen LogP contribution in [0.3, 0.4) is 0 Å². The van der Waals surface area contributed by atoms with Crippen LogP contribution in [0.2, 0.25) is 5.02 Å². The van der Waals surface area contributed by atoms with Crippen LogP contribution in [0, 0.1) is 6.92 Å². The van der Waals surface area contributed by atoms with Gasteiger partial charge in [-0.3, -0.25) is 4.79 Å². The zero-order valence-electron chi connectivity index (χ0n) is 10.2. The molecule has 1 aliphatic heterocycles. The molecule has 18 heavy (non-hydrogen) atoms. The minimum Gasteiger partial charge on any atom is -0.481 e. The van der Waals surface area contributed by atoms with Crippen LogP contribution in [0.1, 0.15) is 12.0 Å². The standard InChI is InChI=1S/C13H16ClNO3/c1-9-2-3-10(14)6-12(9)15-4-5-18-8-11(15)7-13(16)17/h2-3,6,11H,4-5,7-8H2,1H3,(H,16,17). The summed E-state index contributed by atoms with van der Waals surface area (Å²) in [6.07, 6.45) is 0.0754. The van der Waals surface area contributed by atoms with Crippen LogP contribution in [0.15, 0.2) is 18.2 Å². The Morgan fingerprint density at radius 3 is 3.11 bits per heavy atom. The highest BCUT2D eigenvalue weighted by Gasteiger charge is 2.26. The number of aryl methyl sites for hydroxylation is 1. The summed E-state index contributed by atoms with van der Waals surface area (Å²) in [4.78, 5) is 13.0. The molecule has 0 bridgehead atoms. The Balaban J connectivity index is 2.27. The molecule has 1 heterocycles. The molecular formula is C13H16ClNO3. The topological polar surface area (TPSA) is 49.8 Å². The van der Waals surface area contributed by atoms with Crippen molar-refractivity contribution in [1.29, 1.82) is 0 Å². The van der Waals surface area contributed by atoms with E-state index in [1.807, 2.05) is 25.1 Å². The van der Waals surface area contributed by atoms with Gasteiger partial charge in [0.25, 0.3) is 0 Å². The molecule has 1 aromatic carbocycles. The molecule has 1 saturated heterocycles. The fraction of sp³-hybridized carbons (Fsp3) is 0.462. The lowest BCUT2D eigenvalue weighted by Crippen LogP contribution is -2.47. The van der Waals surface area contributed by atoms with Crippen molar-refractivity contribution >= 4 is 23.3 Å². The van der Waals surface area contributed by atoms with E-state index in [9.17, 15) is 4.79 Å². The predicted octanol–water partition coefficient (Wildman–Crippen LogP) is 2.33. The predicted molar refractivity (Wildman–Crippen MR) is 70.4 cm³/mol. The van der Waals surface area contributed by atoms with Gasteiger partial charge < -0.3 is 14.7 Å². The highest BCUT2D eigenvalue weighted by atomic mass is 35.5. The molecule has 4 nitrogen and oxygen atoms in total. The van der Waals surface area contributed by atoms with Gasteiger partial charge in [-0.25, -0.2) is 0 Å². The number of carbonyl (C=O) groups is 1. The van der Waals surface area contributed by atoms with Crippen molar-refractivity contribution in [3.8, 4) is 0 Å². The van der Waals surface area contributed by atoms with Gasteiger partial charge >= 0.3 is 5.97 Å². The molecule has 1 unspecified atom stereocenters. The number of carboxylic acids is 1. The Kier molecular flexibility index (Phi) is 4.09. The van der Waals surface area contributed by atoms with Crippen molar-refractivity contribution in [3.63, 3.8) is 0 Å². The second-order valence-electron chi connectivity index (χ2n) is 4.45. The lowest BCUT2D eigenvalue weighted by atomic mass is 10.1. The average Bonchev–Trinajstić information content (AvgIpc) is 2.32. The van der Waals surface area contributed by atoms with Gasteiger partial charge in [0.15, 0.2) is 0 Å². The maximum atomic E-state index is 10.9. The highest BCUT2D eigenvalue weighted by molar-refractivity contribution is 6.30. The third-order valence-corrected chi connectivity index (χ3v) is 3.35. The quantitative estimate of drug-likeness (QED) is 0.915. The Labute approximate surface area is 111 Å². The number of benzene rings is 1. The highest BCUT2D eigenvalue weighted by Crippen LogP contribution is 2.28. The van der Waals surface area contributed by atoms with Gasteiger partial charge in [-0.15, -0.1) is 0 Å². The number of aliphatic carboxylic acids is 1. The number of nitrogens with zero attached hydrogens (tertiary/aromatic N) is 1. The largest absolute Gasteiger partial charge is 0.481 e. The minimum absolute atomic E-state index is 0.0754. The average molecular weight is 270 g/mol. The summed E-state index contributed by atoms with van der Waals surface area (Å²) in [6, 6.07) is 5.54. The van der Waals surface area contributed by atoms with E-state index in [0.29, 0.717) is 24.8 Å². The van der Waals surface area contributed by atoms with Crippen LogP contribution in [0.5, 0.6) is 0 Å². The Bertz CT molecular complexity index is 450. The number of hydrogen-bond donors (Lipinski definition) is 1. The van der Waals surface area contributed by atoms with E-state index in [1.54, 1.807) is 0 Å². The summed E-state index contributed by atoms with van der Waals surface area (Å²) in [7, 11) is 0. The molecule has 1 aromatic rings. The van der Waals surface area contributed by atoms with Crippen LogP contribution in [-0.2, 0) is 9.53 Å². The first-order valence-corrected chi connectivity index (χ1v) is 6.28. The molecule has 1 atom stereocenters. The fourth-order valence-corrected chi connectivity index (χ4v) is 2.40. The van der Waals surface area contributed by atoms with Crippen molar-refractivity contribution < 1.29 is 14.6 Å². The van der Waals surface area contributed by atoms with Gasteiger partial charge in [-0.1, -0.05) is 17.7 Å². The Morgan fingerprint density at radius 1 is 1.61 bits per heavy atom. The monoisotopic (exact) mass is 269 g/mol. The van der Waals surface area contributed by atoms with E-state index in [0.717, 1.165) is 11.3 Å². The summed E-state index contributed by atoms with van der Waals surface area (Å²) < 4.78 is 5.37. The molecule has 0 aliphatic carbocycles. The third kappa shape index (κ3) is 2.94. The Morgan fingerprint density at radius 2 is 2.39 bits per heavy atom. The normalized spacial score (nSPS) is 19.9. The van der Waals surface area contributed by atoms with Gasteiger partial charge in [0.05, 0.1) is 25.7 Å². The van der Waals surface area contributed by atoms with Crippen molar-refractivity contribution in [2.24, 2.45) is 0 Å². The zero-order valence-corrected chi connectivity index (χ0v) is 11.0. The third-order valence-electron chi connectivity index (χ3n) is 3.12. The minimum atomic E-state index is -0.810. The van der Waals surface area contributed by atoms with Gasteiger partial charge in [-0.05, 0) is 24.6 Å².